The van der Waals surface area contributed by atoms with Crippen LogP contribution in [0, 0.1) is 5.82 Å². The topological polar surface area (TPSA) is 72.9 Å². The summed E-state index contributed by atoms with van der Waals surface area (Å²) >= 11 is 0. The Morgan fingerprint density at radius 2 is 2.20 bits per heavy atom. The van der Waals surface area contributed by atoms with Gasteiger partial charge in [-0.05, 0) is 18.2 Å². The number of aromatic nitrogens is 2. The Morgan fingerprint density at radius 1 is 1.45 bits per heavy atom. The highest BCUT2D eigenvalue weighted by molar-refractivity contribution is 5.90. The lowest BCUT2D eigenvalue weighted by Crippen LogP contribution is -2.23. The second kappa shape index (κ2) is 5.83. The SMILES string of the molecule is CC(C)NCc1c(F)cccc1-n1ccc(C(N)=O)n1. The van der Waals surface area contributed by atoms with Gasteiger partial charge in [-0.3, -0.25) is 4.79 Å². The molecular formula is C14H17FN4O. The summed E-state index contributed by atoms with van der Waals surface area (Å²) in [4.78, 5) is 11.1. The van der Waals surface area contributed by atoms with Crippen molar-refractivity contribution in [3.8, 4) is 5.69 Å². The molecule has 1 heterocycles. The molecule has 20 heavy (non-hydrogen) atoms. The van der Waals surface area contributed by atoms with Crippen LogP contribution in [-0.4, -0.2) is 21.7 Å². The van der Waals surface area contributed by atoms with Gasteiger partial charge in [-0.2, -0.15) is 5.10 Å². The van der Waals surface area contributed by atoms with Gasteiger partial charge in [0.05, 0.1) is 5.69 Å². The monoisotopic (exact) mass is 276 g/mol. The van der Waals surface area contributed by atoms with E-state index in [4.69, 9.17) is 5.73 Å². The molecule has 1 aromatic carbocycles. The maximum Gasteiger partial charge on any atom is 0.269 e. The number of amides is 1. The average molecular weight is 276 g/mol. The van der Waals surface area contributed by atoms with Crippen molar-refractivity contribution in [2.75, 3.05) is 0 Å². The molecule has 0 unspecified atom stereocenters. The minimum absolute atomic E-state index is 0.150. The van der Waals surface area contributed by atoms with Gasteiger partial charge >= 0.3 is 0 Å². The zero-order chi connectivity index (χ0) is 14.7. The third-order valence-electron chi connectivity index (χ3n) is 2.87. The predicted octanol–water partition coefficient (Wildman–Crippen LogP) is 1.61. The van der Waals surface area contributed by atoms with Crippen LogP contribution in [0.3, 0.4) is 0 Å². The van der Waals surface area contributed by atoms with Crippen LogP contribution in [-0.2, 0) is 6.54 Å². The van der Waals surface area contributed by atoms with E-state index in [2.05, 4.69) is 10.4 Å². The smallest absolute Gasteiger partial charge is 0.269 e. The molecule has 2 rings (SSSR count). The fourth-order valence-corrected chi connectivity index (χ4v) is 1.83. The van der Waals surface area contributed by atoms with E-state index in [0.29, 0.717) is 17.8 Å². The maximum absolute atomic E-state index is 14.0. The summed E-state index contributed by atoms with van der Waals surface area (Å²) in [6.45, 7) is 4.35. The van der Waals surface area contributed by atoms with E-state index in [9.17, 15) is 9.18 Å². The Kier molecular flexibility index (Phi) is 4.14. The van der Waals surface area contributed by atoms with Gasteiger partial charge in [0.25, 0.3) is 5.91 Å². The molecule has 5 nitrogen and oxygen atoms in total. The number of rotatable bonds is 5. The standard InChI is InChI=1S/C14H17FN4O/c1-9(2)17-8-10-11(15)4-3-5-13(10)19-7-6-12(18-19)14(16)20/h3-7,9,17H,8H2,1-2H3,(H2,16,20). The lowest BCUT2D eigenvalue weighted by atomic mass is 10.1. The van der Waals surface area contributed by atoms with Crippen molar-refractivity contribution in [3.05, 3.63) is 47.5 Å². The zero-order valence-corrected chi connectivity index (χ0v) is 11.4. The predicted molar refractivity (Wildman–Crippen MR) is 74.0 cm³/mol. The van der Waals surface area contributed by atoms with Gasteiger partial charge in [0, 0.05) is 24.3 Å². The van der Waals surface area contributed by atoms with Crippen molar-refractivity contribution in [1.82, 2.24) is 15.1 Å². The molecule has 0 radical (unpaired) electrons. The minimum Gasteiger partial charge on any atom is -0.364 e. The summed E-state index contributed by atoms with van der Waals surface area (Å²) in [7, 11) is 0. The minimum atomic E-state index is -0.609. The van der Waals surface area contributed by atoms with Crippen LogP contribution in [0.15, 0.2) is 30.5 Å². The number of carbonyl (C=O) groups excluding carboxylic acids is 1. The molecule has 106 valence electrons. The highest BCUT2D eigenvalue weighted by Crippen LogP contribution is 2.18. The van der Waals surface area contributed by atoms with Gasteiger partial charge in [0.15, 0.2) is 0 Å². The van der Waals surface area contributed by atoms with Crippen molar-refractivity contribution in [1.29, 1.82) is 0 Å². The summed E-state index contributed by atoms with van der Waals surface area (Å²) in [5, 5.41) is 7.23. The number of halogens is 1. The van der Waals surface area contributed by atoms with Gasteiger partial charge in [-0.1, -0.05) is 19.9 Å². The van der Waals surface area contributed by atoms with Crippen LogP contribution in [0.4, 0.5) is 4.39 Å². The highest BCUT2D eigenvalue weighted by Gasteiger charge is 2.13. The number of carbonyl (C=O) groups is 1. The van der Waals surface area contributed by atoms with Gasteiger partial charge in [0.1, 0.15) is 11.5 Å². The molecule has 1 aromatic heterocycles. The van der Waals surface area contributed by atoms with Crippen molar-refractivity contribution < 1.29 is 9.18 Å². The van der Waals surface area contributed by atoms with Crippen molar-refractivity contribution in [2.45, 2.75) is 26.4 Å². The Hall–Kier alpha value is -2.21. The first-order chi connectivity index (χ1) is 9.49. The molecule has 0 fully saturated rings. The quantitative estimate of drug-likeness (QED) is 0.871. The number of nitrogens with one attached hydrogen (secondary N) is 1. The maximum atomic E-state index is 14.0. The molecule has 0 saturated heterocycles. The van der Waals surface area contributed by atoms with Gasteiger partial charge in [0.2, 0.25) is 0 Å². The molecule has 2 aromatic rings. The molecule has 1 amide bonds. The number of hydrogen-bond acceptors (Lipinski definition) is 3. The zero-order valence-electron chi connectivity index (χ0n) is 11.4. The highest BCUT2D eigenvalue weighted by atomic mass is 19.1. The first-order valence-corrected chi connectivity index (χ1v) is 6.35. The van der Waals surface area contributed by atoms with Gasteiger partial charge in [-0.25, -0.2) is 9.07 Å². The second-order valence-electron chi connectivity index (χ2n) is 4.78. The Balaban J connectivity index is 2.39. The van der Waals surface area contributed by atoms with Crippen molar-refractivity contribution >= 4 is 5.91 Å². The van der Waals surface area contributed by atoms with Crippen molar-refractivity contribution in [3.63, 3.8) is 0 Å². The van der Waals surface area contributed by atoms with Crippen molar-refractivity contribution in [2.24, 2.45) is 5.73 Å². The van der Waals surface area contributed by atoms with Crippen LogP contribution >= 0.6 is 0 Å². The second-order valence-corrected chi connectivity index (χ2v) is 4.78. The summed E-state index contributed by atoms with van der Waals surface area (Å²) in [6.07, 6.45) is 1.59. The molecule has 0 saturated carbocycles. The van der Waals surface area contributed by atoms with Crippen LogP contribution in [0.1, 0.15) is 29.9 Å². The number of nitrogens with zero attached hydrogens (tertiary/aromatic N) is 2. The Labute approximate surface area is 116 Å². The Bertz CT molecular complexity index is 621. The molecule has 0 aliphatic carbocycles. The molecule has 0 aliphatic heterocycles. The van der Waals surface area contributed by atoms with Crippen LogP contribution in [0.25, 0.3) is 5.69 Å². The third kappa shape index (κ3) is 3.03. The number of hydrogen-bond donors (Lipinski definition) is 2. The van der Waals surface area contributed by atoms with Crippen LogP contribution < -0.4 is 11.1 Å². The average Bonchev–Trinajstić information content (AvgIpc) is 2.86. The first kappa shape index (κ1) is 14.2. The molecule has 0 bridgehead atoms. The fraction of sp³-hybridized carbons (Fsp3) is 0.286. The molecule has 0 aliphatic rings. The van der Waals surface area contributed by atoms with Gasteiger partial charge in [-0.15, -0.1) is 0 Å². The first-order valence-electron chi connectivity index (χ1n) is 6.35. The summed E-state index contributed by atoms with van der Waals surface area (Å²) in [5.41, 5.74) is 6.41. The molecule has 0 spiro atoms. The number of nitrogens with two attached hydrogens (primary N) is 1. The van der Waals surface area contributed by atoms with E-state index in [1.54, 1.807) is 18.3 Å². The van der Waals surface area contributed by atoms with E-state index < -0.39 is 5.91 Å². The normalized spacial score (nSPS) is 11.0. The summed E-state index contributed by atoms with van der Waals surface area (Å²) in [6, 6.07) is 6.50. The molecule has 3 N–H and O–H groups in total. The third-order valence-corrected chi connectivity index (χ3v) is 2.87. The van der Waals surface area contributed by atoms with E-state index in [0.717, 1.165) is 0 Å². The lowest BCUT2D eigenvalue weighted by molar-refractivity contribution is 0.0995. The van der Waals surface area contributed by atoms with Gasteiger partial charge < -0.3 is 11.1 Å². The van der Waals surface area contributed by atoms with E-state index in [1.807, 2.05) is 13.8 Å². The summed E-state index contributed by atoms with van der Waals surface area (Å²) < 4.78 is 15.4. The van der Waals surface area contributed by atoms with Crippen LogP contribution in [0.5, 0.6) is 0 Å². The lowest BCUT2D eigenvalue weighted by Gasteiger charge is -2.13. The molecule has 0 atom stereocenters. The van der Waals surface area contributed by atoms with E-state index in [1.165, 1.54) is 16.8 Å². The molecular weight excluding hydrogens is 259 g/mol. The molecule has 6 heteroatoms. The largest absolute Gasteiger partial charge is 0.364 e. The van der Waals surface area contributed by atoms with E-state index >= 15 is 0 Å². The number of primary amides is 1. The van der Waals surface area contributed by atoms with Crippen LogP contribution in [0.2, 0.25) is 0 Å². The summed E-state index contributed by atoms with van der Waals surface area (Å²) in [5.74, 6) is -0.922. The van der Waals surface area contributed by atoms with E-state index in [-0.39, 0.29) is 17.6 Å². The number of benzene rings is 1. The Morgan fingerprint density at radius 3 is 2.80 bits per heavy atom. The fourth-order valence-electron chi connectivity index (χ4n) is 1.83.